The van der Waals surface area contributed by atoms with E-state index in [0.717, 1.165) is 38.2 Å². The highest BCUT2D eigenvalue weighted by Crippen LogP contribution is 2.46. The van der Waals surface area contributed by atoms with Crippen molar-refractivity contribution in [1.82, 2.24) is 9.21 Å². The first-order chi connectivity index (χ1) is 11.3. The van der Waals surface area contributed by atoms with E-state index in [4.69, 9.17) is 4.74 Å². The number of hydrogen-bond acceptors (Lipinski definition) is 4. The van der Waals surface area contributed by atoms with Crippen molar-refractivity contribution >= 4 is 10.0 Å². The molecule has 2 aliphatic heterocycles. The molecule has 0 N–H and O–H groups in total. The standard InChI is InChI=1S/C18H28N2O3S/c1-15-5-4-6-17(11-15)24(21,22)20-13-16(12-19(2)3)18(14-20)7-9-23-10-8-18/h4-6,11,16H,7-10,12-14H2,1-3H3/t16-/m1/s1. The van der Waals surface area contributed by atoms with Crippen molar-refractivity contribution in [2.45, 2.75) is 24.7 Å². The summed E-state index contributed by atoms with van der Waals surface area (Å²) in [5, 5.41) is 0. The summed E-state index contributed by atoms with van der Waals surface area (Å²) in [5.74, 6) is 0.357. The van der Waals surface area contributed by atoms with Crippen LogP contribution in [-0.2, 0) is 14.8 Å². The number of benzene rings is 1. The molecular formula is C18H28N2O3S. The van der Waals surface area contributed by atoms with Crippen LogP contribution in [0, 0.1) is 18.3 Å². The molecule has 2 saturated heterocycles. The summed E-state index contributed by atoms with van der Waals surface area (Å²) in [6.07, 6.45) is 1.90. The minimum absolute atomic E-state index is 0.0550. The Labute approximate surface area is 145 Å². The van der Waals surface area contributed by atoms with E-state index >= 15 is 0 Å². The van der Waals surface area contributed by atoms with Gasteiger partial charge in [0, 0.05) is 32.8 Å². The normalized spacial score (nSPS) is 24.8. The number of nitrogens with zero attached hydrogens (tertiary/aromatic N) is 2. The smallest absolute Gasteiger partial charge is 0.243 e. The average molecular weight is 353 g/mol. The van der Waals surface area contributed by atoms with Gasteiger partial charge in [0.15, 0.2) is 0 Å². The molecule has 2 heterocycles. The Morgan fingerprint density at radius 2 is 2.00 bits per heavy atom. The first-order valence-corrected chi connectivity index (χ1v) is 10.1. The van der Waals surface area contributed by atoms with Crippen LogP contribution in [0.2, 0.25) is 0 Å². The van der Waals surface area contributed by atoms with E-state index in [1.165, 1.54) is 0 Å². The van der Waals surface area contributed by atoms with Crippen LogP contribution in [0.4, 0.5) is 0 Å². The quantitative estimate of drug-likeness (QED) is 0.831. The highest BCUT2D eigenvalue weighted by Gasteiger charge is 2.50. The lowest BCUT2D eigenvalue weighted by Crippen LogP contribution is -2.40. The average Bonchev–Trinajstić information content (AvgIpc) is 2.86. The monoisotopic (exact) mass is 352 g/mol. The zero-order valence-electron chi connectivity index (χ0n) is 14.9. The summed E-state index contributed by atoms with van der Waals surface area (Å²) in [5.41, 5.74) is 1.03. The molecule has 1 atom stereocenters. The number of sulfonamides is 1. The lowest BCUT2D eigenvalue weighted by atomic mass is 9.72. The fraction of sp³-hybridized carbons (Fsp3) is 0.667. The van der Waals surface area contributed by atoms with E-state index in [1.807, 2.05) is 19.1 Å². The summed E-state index contributed by atoms with van der Waals surface area (Å²) in [4.78, 5) is 2.58. The minimum Gasteiger partial charge on any atom is -0.381 e. The zero-order valence-corrected chi connectivity index (χ0v) is 15.7. The number of ether oxygens (including phenoxy) is 1. The third-order valence-electron chi connectivity index (χ3n) is 5.48. The van der Waals surface area contributed by atoms with Crippen LogP contribution >= 0.6 is 0 Å². The van der Waals surface area contributed by atoms with Crippen LogP contribution < -0.4 is 0 Å². The van der Waals surface area contributed by atoms with Crippen LogP contribution in [0.5, 0.6) is 0 Å². The maximum Gasteiger partial charge on any atom is 0.243 e. The molecule has 0 radical (unpaired) electrons. The Kier molecular flexibility index (Phi) is 5.02. The van der Waals surface area contributed by atoms with Gasteiger partial charge in [0.2, 0.25) is 10.0 Å². The van der Waals surface area contributed by atoms with Crippen molar-refractivity contribution in [3.8, 4) is 0 Å². The van der Waals surface area contributed by atoms with E-state index in [0.29, 0.717) is 23.9 Å². The fourth-order valence-electron chi connectivity index (χ4n) is 4.13. The lowest BCUT2D eigenvalue weighted by Gasteiger charge is -2.39. The summed E-state index contributed by atoms with van der Waals surface area (Å²) >= 11 is 0. The van der Waals surface area contributed by atoms with Gasteiger partial charge in [0.25, 0.3) is 0 Å². The summed E-state index contributed by atoms with van der Waals surface area (Å²) in [7, 11) is 0.689. The van der Waals surface area contributed by atoms with Gasteiger partial charge in [-0.25, -0.2) is 8.42 Å². The lowest BCUT2D eigenvalue weighted by molar-refractivity contribution is -0.00333. The molecule has 2 fully saturated rings. The number of aryl methyl sites for hydroxylation is 1. The highest BCUT2D eigenvalue weighted by atomic mass is 32.2. The van der Waals surface area contributed by atoms with Crippen molar-refractivity contribution in [3.05, 3.63) is 29.8 Å². The maximum absolute atomic E-state index is 13.1. The summed E-state index contributed by atoms with van der Waals surface area (Å²) in [6, 6.07) is 7.22. The minimum atomic E-state index is -3.43. The molecule has 1 spiro atoms. The van der Waals surface area contributed by atoms with E-state index in [2.05, 4.69) is 19.0 Å². The van der Waals surface area contributed by atoms with Gasteiger partial charge in [0.05, 0.1) is 4.90 Å². The number of rotatable bonds is 4. The van der Waals surface area contributed by atoms with Gasteiger partial charge in [-0.3, -0.25) is 0 Å². The SMILES string of the molecule is Cc1cccc(S(=O)(=O)N2C[C@@H](CN(C)C)C3(CCOCC3)C2)c1. The van der Waals surface area contributed by atoms with Crippen LogP contribution in [-0.4, -0.2) is 64.6 Å². The van der Waals surface area contributed by atoms with Gasteiger partial charge in [0.1, 0.15) is 0 Å². The van der Waals surface area contributed by atoms with Crippen molar-refractivity contribution in [2.24, 2.45) is 11.3 Å². The molecule has 0 amide bonds. The molecule has 134 valence electrons. The fourth-order valence-corrected chi connectivity index (χ4v) is 5.82. The van der Waals surface area contributed by atoms with Gasteiger partial charge in [-0.1, -0.05) is 12.1 Å². The molecule has 1 aromatic carbocycles. The topological polar surface area (TPSA) is 49.9 Å². The Hall–Kier alpha value is -0.950. The highest BCUT2D eigenvalue weighted by molar-refractivity contribution is 7.89. The molecule has 0 bridgehead atoms. The van der Waals surface area contributed by atoms with Crippen LogP contribution in [0.1, 0.15) is 18.4 Å². The van der Waals surface area contributed by atoms with Crippen molar-refractivity contribution in [1.29, 1.82) is 0 Å². The van der Waals surface area contributed by atoms with Crippen molar-refractivity contribution in [3.63, 3.8) is 0 Å². The van der Waals surface area contributed by atoms with Crippen molar-refractivity contribution in [2.75, 3.05) is 46.9 Å². The first-order valence-electron chi connectivity index (χ1n) is 8.63. The van der Waals surface area contributed by atoms with E-state index in [-0.39, 0.29) is 5.41 Å². The number of hydrogen-bond donors (Lipinski definition) is 0. The van der Waals surface area contributed by atoms with Gasteiger partial charge in [-0.05, 0) is 62.9 Å². The van der Waals surface area contributed by atoms with E-state index in [1.54, 1.807) is 16.4 Å². The molecule has 6 heteroatoms. The van der Waals surface area contributed by atoms with Crippen LogP contribution in [0.15, 0.2) is 29.2 Å². The second-order valence-corrected chi connectivity index (χ2v) is 9.49. The molecule has 0 unspecified atom stereocenters. The second kappa shape index (κ2) is 6.75. The predicted molar refractivity (Wildman–Crippen MR) is 94.5 cm³/mol. The molecule has 24 heavy (non-hydrogen) atoms. The van der Waals surface area contributed by atoms with Crippen LogP contribution in [0.3, 0.4) is 0 Å². The Bertz CT molecular complexity index is 681. The molecule has 1 aromatic rings. The third kappa shape index (κ3) is 3.38. The Morgan fingerprint density at radius 3 is 2.62 bits per heavy atom. The largest absolute Gasteiger partial charge is 0.381 e. The van der Waals surface area contributed by atoms with Crippen LogP contribution in [0.25, 0.3) is 0 Å². The zero-order chi connectivity index (χ0) is 17.4. The second-order valence-electron chi connectivity index (χ2n) is 7.55. The Balaban J connectivity index is 1.89. The molecular weight excluding hydrogens is 324 g/mol. The molecule has 0 aliphatic carbocycles. The van der Waals surface area contributed by atoms with E-state index in [9.17, 15) is 8.42 Å². The van der Waals surface area contributed by atoms with Gasteiger partial charge in [-0.15, -0.1) is 0 Å². The molecule has 5 nitrogen and oxygen atoms in total. The van der Waals surface area contributed by atoms with Gasteiger partial charge >= 0.3 is 0 Å². The summed E-state index contributed by atoms with van der Waals surface area (Å²) in [6.45, 7) is 5.54. The predicted octanol–water partition coefficient (Wildman–Crippen LogP) is 1.97. The van der Waals surface area contributed by atoms with Gasteiger partial charge in [-0.2, -0.15) is 4.31 Å². The Morgan fingerprint density at radius 1 is 1.29 bits per heavy atom. The van der Waals surface area contributed by atoms with Crippen molar-refractivity contribution < 1.29 is 13.2 Å². The molecule has 3 rings (SSSR count). The third-order valence-corrected chi connectivity index (χ3v) is 7.29. The first kappa shape index (κ1) is 17.9. The van der Waals surface area contributed by atoms with Gasteiger partial charge < -0.3 is 9.64 Å². The summed E-state index contributed by atoms with van der Waals surface area (Å²) < 4.78 is 33.5. The molecule has 2 aliphatic rings. The van der Waals surface area contributed by atoms with E-state index < -0.39 is 10.0 Å². The molecule has 0 aromatic heterocycles. The maximum atomic E-state index is 13.1. The molecule has 0 saturated carbocycles.